The monoisotopic (exact) mass is 521 g/mol. The molecule has 0 atom stereocenters. The van der Waals surface area contributed by atoms with E-state index >= 15 is 0 Å². The van der Waals surface area contributed by atoms with Gasteiger partial charge < -0.3 is 9.88 Å². The summed E-state index contributed by atoms with van der Waals surface area (Å²) in [7, 11) is -2.43. The average molecular weight is 522 g/mol. The van der Waals surface area contributed by atoms with Crippen LogP contribution in [-0.2, 0) is 21.9 Å². The second kappa shape index (κ2) is 9.18. The molecule has 1 heterocycles. The first-order valence-corrected chi connectivity index (χ1v) is 12.6. The molecule has 1 N–H and O–H groups in total. The first kappa shape index (κ1) is 23.3. The van der Waals surface area contributed by atoms with Gasteiger partial charge in [-0.3, -0.25) is 13.9 Å². The predicted molar refractivity (Wildman–Crippen MR) is 133 cm³/mol. The molecule has 0 aliphatic carbocycles. The highest BCUT2D eigenvalue weighted by Gasteiger charge is 2.27. The highest BCUT2D eigenvalue weighted by Crippen LogP contribution is 2.27. The summed E-state index contributed by atoms with van der Waals surface area (Å²) in [5.74, 6) is -0.560. The van der Waals surface area contributed by atoms with Crippen LogP contribution in [0.25, 0.3) is 10.2 Å². The quantitative estimate of drug-likeness (QED) is 0.396. The first-order valence-electron chi connectivity index (χ1n) is 9.58. The minimum atomic E-state index is -4.10. The van der Waals surface area contributed by atoms with Gasteiger partial charge in [0.15, 0.2) is 0 Å². The molecule has 1 aromatic heterocycles. The molecular formula is C22H17Cl2N3O4S2. The van der Waals surface area contributed by atoms with Crippen LogP contribution >= 0.6 is 34.5 Å². The third-order valence-corrected chi connectivity index (χ3v) is 8.13. The summed E-state index contributed by atoms with van der Waals surface area (Å²) < 4.78 is 30.0. The van der Waals surface area contributed by atoms with E-state index in [2.05, 4.69) is 5.32 Å². The smallest absolute Gasteiger partial charge is 0.307 e. The van der Waals surface area contributed by atoms with Crippen LogP contribution in [0.15, 0.2) is 76.4 Å². The van der Waals surface area contributed by atoms with Crippen molar-refractivity contribution in [2.75, 3.05) is 16.2 Å². The molecule has 1 amide bonds. The van der Waals surface area contributed by atoms with E-state index in [-0.39, 0.29) is 15.5 Å². The fraction of sp³-hybridized carbons (Fsp3) is 0.0909. The number of aromatic nitrogens is 1. The van der Waals surface area contributed by atoms with Gasteiger partial charge in [0.05, 0.1) is 20.8 Å². The van der Waals surface area contributed by atoms with Crippen molar-refractivity contribution < 1.29 is 13.2 Å². The topological polar surface area (TPSA) is 88.5 Å². The minimum Gasteiger partial charge on any atom is -0.324 e. The fourth-order valence-electron chi connectivity index (χ4n) is 3.22. The third kappa shape index (κ3) is 4.91. The van der Waals surface area contributed by atoms with Crippen molar-refractivity contribution in [3.63, 3.8) is 0 Å². The highest BCUT2D eigenvalue weighted by molar-refractivity contribution is 7.92. The Labute approximate surface area is 203 Å². The van der Waals surface area contributed by atoms with Crippen molar-refractivity contribution >= 4 is 72.1 Å². The van der Waals surface area contributed by atoms with E-state index in [9.17, 15) is 18.0 Å². The van der Waals surface area contributed by atoms with Crippen LogP contribution in [0.5, 0.6) is 0 Å². The molecule has 170 valence electrons. The van der Waals surface area contributed by atoms with Gasteiger partial charge in [-0.25, -0.2) is 8.42 Å². The average Bonchev–Trinajstić information content (AvgIpc) is 3.05. The summed E-state index contributed by atoms with van der Waals surface area (Å²) in [6.07, 6.45) is 0. The number of hydrogen-bond donors (Lipinski definition) is 1. The largest absolute Gasteiger partial charge is 0.324 e. The zero-order valence-electron chi connectivity index (χ0n) is 17.2. The van der Waals surface area contributed by atoms with Crippen molar-refractivity contribution in [1.82, 2.24) is 4.57 Å². The predicted octanol–water partition coefficient (Wildman–Crippen LogP) is 4.74. The van der Waals surface area contributed by atoms with E-state index in [4.69, 9.17) is 23.2 Å². The van der Waals surface area contributed by atoms with Gasteiger partial charge in [-0.2, -0.15) is 0 Å². The van der Waals surface area contributed by atoms with Gasteiger partial charge >= 0.3 is 4.87 Å². The third-order valence-electron chi connectivity index (χ3n) is 4.86. The summed E-state index contributed by atoms with van der Waals surface area (Å²) in [4.78, 5) is 24.6. The SMILES string of the molecule is Cn1c(=O)sc2cc(NC(=O)CN(c3cccc(Cl)c3)S(=O)(=O)c3ccc(Cl)cc3)ccc21. The number of amides is 1. The van der Waals surface area contributed by atoms with Crippen LogP contribution < -0.4 is 14.5 Å². The molecule has 4 aromatic rings. The number of halogens is 2. The number of carbonyl (C=O) groups is 1. The van der Waals surface area contributed by atoms with E-state index in [1.165, 1.54) is 34.9 Å². The Bertz CT molecular complexity index is 1510. The Balaban J connectivity index is 1.65. The Morgan fingerprint density at radius 3 is 2.45 bits per heavy atom. The number of nitrogens with zero attached hydrogens (tertiary/aromatic N) is 2. The molecule has 0 bridgehead atoms. The van der Waals surface area contributed by atoms with Crippen molar-refractivity contribution in [1.29, 1.82) is 0 Å². The van der Waals surface area contributed by atoms with Crippen LogP contribution in [0.2, 0.25) is 10.0 Å². The molecule has 0 spiro atoms. The molecule has 11 heteroatoms. The lowest BCUT2D eigenvalue weighted by Crippen LogP contribution is -2.38. The Kier molecular flexibility index (Phi) is 6.49. The summed E-state index contributed by atoms with van der Waals surface area (Å²) in [6, 6.07) is 17.0. The molecule has 0 aliphatic heterocycles. The molecule has 0 saturated carbocycles. The van der Waals surface area contributed by atoms with Crippen molar-refractivity contribution in [2.45, 2.75) is 4.90 Å². The molecule has 4 rings (SSSR count). The summed E-state index contributed by atoms with van der Waals surface area (Å²) in [6.45, 7) is -0.492. The van der Waals surface area contributed by atoms with Crippen molar-refractivity contribution in [3.05, 3.63) is 86.4 Å². The van der Waals surface area contributed by atoms with Crippen molar-refractivity contribution in [3.8, 4) is 0 Å². The molecule has 0 fully saturated rings. The highest BCUT2D eigenvalue weighted by atomic mass is 35.5. The fourth-order valence-corrected chi connectivity index (χ4v) is 5.86. The molecular weight excluding hydrogens is 505 g/mol. The zero-order chi connectivity index (χ0) is 23.8. The molecule has 0 unspecified atom stereocenters. The molecule has 33 heavy (non-hydrogen) atoms. The van der Waals surface area contributed by atoms with E-state index in [0.29, 0.717) is 20.4 Å². The van der Waals surface area contributed by atoms with Crippen LogP contribution in [0, 0.1) is 0 Å². The van der Waals surface area contributed by atoms with Crippen LogP contribution in [0.3, 0.4) is 0 Å². The normalized spacial score (nSPS) is 11.5. The van der Waals surface area contributed by atoms with E-state index in [1.807, 2.05) is 0 Å². The number of carbonyl (C=O) groups excluding carboxylic acids is 1. The number of fused-ring (bicyclic) bond motifs is 1. The molecule has 0 saturated heterocycles. The van der Waals surface area contributed by atoms with Gasteiger partial charge in [0.2, 0.25) is 5.91 Å². The maximum absolute atomic E-state index is 13.4. The summed E-state index contributed by atoms with van der Waals surface area (Å²) in [5.41, 5.74) is 1.43. The molecule has 0 aliphatic rings. The summed E-state index contributed by atoms with van der Waals surface area (Å²) in [5, 5.41) is 3.42. The van der Waals surface area contributed by atoms with Crippen LogP contribution in [-0.4, -0.2) is 25.4 Å². The van der Waals surface area contributed by atoms with Crippen molar-refractivity contribution in [2.24, 2.45) is 7.05 Å². The maximum atomic E-state index is 13.4. The standard InChI is InChI=1S/C22H17Cl2N3O4S2/c1-26-19-10-7-16(12-20(19)32-22(26)29)25-21(28)13-27(17-4-2-3-15(24)11-17)33(30,31)18-8-5-14(23)6-9-18/h2-12H,13H2,1H3,(H,25,28). The first-order chi connectivity index (χ1) is 15.6. The van der Waals surface area contributed by atoms with Gasteiger partial charge in [-0.15, -0.1) is 0 Å². The Morgan fingerprint density at radius 1 is 1.03 bits per heavy atom. The second-order valence-corrected chi connectivity index (χ2v) is 10.8. The lowest BCUT2D eigenvalue weighted by molar-refractivity contribution is -0.114. The second-order valence-electron chi connectivity index (χ2n) is 7.10. The van der Waals surface area contributed by atoms with Gasteiger partial charge in [0, 0.05) is 22.8 Å². The number of benzene rings is 3. The summed E-state index contributed by atoms with van der Waals surface area (Å²) >= 11 is 13.0. The van der Waals surface area contributed by atoms with E-state index in [0.717, 1.165) is 21.2 Å². The van der Waals surface area contributed by atoms with Gasteiger partial charge in [-0.1, -0.05) is 40.6 Å². The molecule has 3 aromatic carbocycles. The zero-order valence-corrected chi connectivity index (χ0v) is 20.3. The van der Waals surface area contributed by atoms with Crippen LogP contribution in [0.1, 0.15) is 0 Å². The number of rotatable bonds is 6. The lowest BCUT2D eigenvalue weighted by atomic mass is 10.3. The number of hydrogen-bond acceptors (Lipinski definition) is 5. The Morgan fingerprint density at radius 2 is 1.76 bits per heavy atom. The van der Waals surface area contributed by atoms with E-state index in [1.54, 1.807) is 43.4 Å². The maximum Gasteiger partial charge on any atom is 0.307 e. The van der Waals surface area contributed by atoms with Gasteiger partial charge in [0.1, 0.15) is 6.54 Å². The molecule has 7 nitrogen and oxygen atoms in total. The lowest BCUT2D eigenvalue weighted by Gasteiger charge is -2.24. The van der Waals surface area contributed by atoms with E-state index < -0.39 is 22.5 Å². The minimum absolute atomic E-state index is 0.0184. The number of thiazole rings is 1. The van der Waals surface area contributed by atoms with Crippen LogP contribution in [0.4, 0.5) is 11.4 Å². The number of sulfonamides is 1. The Hall–Kier alpha value is -2.85. The van der Waals surface area contributed by atoms with Gasteiger partial charge in [-0.05, 0) is 60.7 Å². The number of nitrogens with one attached hydrogen (secondary N) is 1. The molecule has 0 radical (unpaired) electrons. The van der Waals surface area contributed by atoms with Gasteiger partial charge in [0.25, 0.3) is 10.0 Å². The number of aryl methyl sites for hydroxylation is 1. The number of anilines is 2.